The number of methoxy groups -OCH3 is 1. The first kappa shape index (κ1) is 27.1. The number of likely N-dealkylation sites (N-methyl/N-ethyl adjacent to an activating group) is 1. The van der Waals surface area contributed by atoms with Crippen molar-refractivity contribution in [2.24, 2.45) is 7.05 Å². The maximum Gasteiger partial charge on any atom is 0.260 e. The molecule has 0 fully saturated rings. The number of nitrogens with zero attached hydrogens (tertiary/aromatic N) is 4. The highest BCUT2D eigenvalue weighted by molar-refractivity contribution is 7.99. The summed E-state index contributed by atoms with van der Waals surface area (Å²) in [5.41, 5.74) is 1.97. The third-order valence-electron chi connectivity index (χ3n) is 7.26. The molecule has 0 N–H and O–H groups in total. The fourth-order valence-corrected chi connectivity index (χ4v) is 6.60. The minimum Gasteiger partial charge on any atom is -0.494 e. The van der Waals surface area contributed by atoms with Crippen LogP contribution in [0.5, 0.6) is 5.75 Å². The van der Waals surface area contributed by atoms with Gasteiger partial charge in [0.1, 0.15) is 11.6 Å². The van der Waals surface area contributed by atoms with E-state index < -0.39 is 17.5 Å². The van der Waals surface area contributed by atoms with Crippen LogP contribution < -0.4 is 10.3 Å². The lowest BCUT2D eigenvalue weighted by molar-refractivity contribution is 0.270. The minimum atomic E-state index is -0.663. The van der Waals surface area contributed by atoms with Crippen LogP contribution in [0.4, 0.5) is 13.2 Å². The van der Waals surface area contributed by atoms with Crippen molar-refractivity contribution < 1.29 is 17.9 Å². The maximum atomic E-state index is 15.5. The molecular formula is C29H29F3N4O2S. The summed E-state index contributed by atoms with van der Waals surface area (Å²) in [4.78, 5) is 16.2. The lowest BCUT2D eigenvalue weighted by Crippen LogP contribution is -2.34. The molecule has 204 valence electrons. The third kappa shape index (κ3) is 4.98. The van der Waals surface area contributed by atoms with Crippen LogP contribution in [0.1, 0.15) is 28.4 Å². The summed E-state index contributed by atoms with van der Waals surface area (Å²) < 4.78 is 53.6. The largest absolute Gasteiger partial charge is 0.494 e. The highest BCUT2D eigenvalue weighted by Gasteiger charge is 2.32. The van der Waals surface area contributed by atoms with Crippen LogP contribution in [0.3, 0.4) is 0 Å². The van der Waals surface area contributed by atoms with Crippen LogP contribution in [0, 0.1) is 24.4 Å². The van der Waals surface area contributed by atoms with E-state index in [-0.39, 0.29) is 40.5 Å². The molecule has 2 aromatic carbocycles. The molecule has 0 saturated heterocycles. The molecule has 10 heteroatoms. The van der Waals surface area contributed by atoms with E-state index in [1.165, 1.54) is 49.2 Å². The van der Waals surface area contributed by atoms with Gasteiger partial charge >= 0.3 is 0 Å². The molecule has 0 bridgehead atoms. The van der Waals surface area contributed by atoms with Crippen molar-refractivity contribution in [2.75, 3.05) is 26.5 Å². The molecule has 5 rings (SSSR count). The first-order valence-corrected chi connectivity index (χ1v) is 13.5. The number of benzene rings is 2. The van der Waals surface area contributed by atoms with Gasteiger partial charge in [0.05, 0.1) is 29.4 Å². The summed E-state index contributed by atoms with van der Waals surface area (Å²) in [6.45, 7) is 2.88. The normalized spacial score (nSPS) is 14.7. The van der Waals surface area contributed by atoms with Gasteiger partial charge in [0.15, 0.2) is 11.6 Å². The van der Waals surface area contributed by atoms with Gasteiger partial charge in [0.25, 0.3) is 5.56 Å². The lowest BCUT2D eigenvalue weighted by Gasteiger charge is -2.24. The van der Waals surface area contributed by atoms with Gasteiger partial charge in [-0.2, -0.15) is 5.10 Å². The maximum absolute atomic E-state index is 15.5. The van der Waals surface area contributed by atoms with Crippen LogP contribution in [0.2, 0.25) is 0 Å². The number of hydrogen-bond acceptors (Lipinski definition) is 5. The number of ether oxygens (including phenoxy) is 1. The summed E-state index contributed by atoms with van der Waals surface area (Å²) in [7, 11) is 5.20. The van der Waals surface area contributed by atoms with Crippen molar-refractivity contribution in [3.05, 3.63) is 98.9 Å². The van der Waals surface area contributed by atoms with E-state index in [9.17, 15) is 13.6 Å². The Labute approximate surface area is 229 Å². The summed E-state index contributed by atoms with van der Waals surface area (Å²) >= 11 is 1.49. The average Bonchev–Trinajstić information content (AvgIpc) is 3.50. The molecule has 1 aliphatic heterocycles. The van der Waals surface area contributed by atoms with Gasteiger partial charge in [-0.15, -0.1) is 11.8 Å². The predicted octanol–water partition coefficient (Wildman–Crippen LogP) is 5.35. The Bertz CT molecular complexity index is 1580. The van der Waals surface area contributed by atoms with Gasteiger partial charge in [-0.25, -0.2) is 13.2 Å². The zero-order chi connectivity index (χ0) is 27.8. The van der Waals surface area contributed by atoms with E-state index in [1.807, 2.05) is 20.2 Å². The Balaban J connectivity index is 1.65. The molecule has 0 spiro atoms. The van der Waals surface area contributed by atoms with Crippen molar-refractivity contribution >= 4 is 11.8 Å². The molecule has 1 unspecified atom stereocenters. The van der Waals surface area contributed by atoms with Crippen LogP contribution in [-0.4, -0.2) is 45.7 Å². The molecule has 2 aromatic heterocycles. The second kappa shape index (κ2) is 10.9. The fraction of sp³-hybridized carbons (Fsp3) is 0.310. The number of aryl methyl sites for hydroxylation is 1. The molecule has 0 amide bonds. The Morgan fingerprint density at radius 3 is 2.49 bits per heavy atom. The van der Waals surface area contributed by atoms with Crippen molar-refractivity contribution in [2.45, 2.75) is 31.0 Å². The number of aromatic nitrogens is 3. The van der Waals surface area contributed by atoms with Crippen molar-refractivity contribution in [3.63, 3.8) is 0 Å². The van der Waals surface area contributed by atoms with Crippen LogP contribution in [-0.2, 0) is 20.0 Å². The average molecular weight is 555 g/mol. The molecule has 6 nitrogen and oxygen atoms in total. The summed E-state index contributed by atoms with van der Waals surface area (Å²) in [6.07, 6.45) is 1.67. The third-order valence-corrected chi connectivity index (χ3v) is 8.53. The van der Waals surface area contributed by atoms with Gasteiger partial charge in [-0.1, -0.05) is 18.2 Å². The topological polar surface area (TPSA) is 52.3 Å². The first-order valence-electron chi connectivity index (χ1n) is 12.5. The van der Waals surface area contributed by atoms with E-state index in [1.54, 1.807) is 28.4 Å². The monoisotopic (exact) mass is 554 g/mol. The lowest BCUT2D eigenvalue weighted by atomic mass is 9.94. The van der Waals surface area contributed by atoms with Crippen molar-refractivity contribution in [1.82, 2.24) is 19.2 Å². The number of hydrogen-bond donors (Lipinski definition) is 0. The van der Waals surface area contributed by atoms with Crippen molar-refractivity contribution in [3.8, 4) is 16.9 Å². The van der Waals surface area contributed by atoms with Crippen LogP contribution in [0.25, 0.3) is 11.1 Å². The molecule has 4 aromatic rings. The first-order chi connectivity index (χ1) is 18.7. The van der Waals surface area contributed by atoms with Gasteiger partial charge in [-0.3, -0.25) is 18.9 Å². The summed E-state index contributed by atoms with van der Waals surface area (Å²) in [5.74, 6) is -1.37. The zero-order valence-corrected chi connectivity index (χ0v) is 23.0. The number of pyridine rings is 1. The fourth-order valence-electron chi connectivity index (χ4n) is 5.22. The molecular weight excluding hydrogens is 525 g/mol. The van der Waals surface area contributed by atoms with E-state index in [4.69, 9.17) is 4.74 Å². The molecule has 39 heavy (non-hydrogen) atoms. The standard InChI is InChI=1S/C29H29F3N4O2S/c1-17-21(13-22-23(30)8-6-9-24(22)31)29-36(28(37)26(17)20-7-5-10-25(38-4)27(20)32)19(16-39-29)15-34(2)14-18-11-12-33-35(18)3/h5-12,19H,13-16H2,1-4H3. The van der Waals surface area contributed by atoms with Crippen molar-refractivity contribution in [1.29, 1.82) is 0 Å². The van der Waals surface area contributed by atoms with Gasteiger partial charge < -0.3 is 4.74 Å². The Morgan fingerprint density at radius 1 is 1.10 bits per heavy atom. The van der Waals surface area contributed by atoms with Gasteiger partial charge in [0, 0.05) is 49.6 Å². The number of rotatable bonds is 8. The van der Waals surface area contributed by atoms with Gasteiger partial charge in [-0.05, 0) is 49.4 Å². The van der Waals surface area contributed by atoms with Crippen LogP contribution >= 0.6 is 11.8 Å². The smallest absolute Gasteiger partial charge is 0.260 e. The Hall–Kier alpha value is -3.50. The molecule has 0 radical (unpaired) electrons. The highest BCUT2D eigenvalue weighted by Crippen LogP contribution is 2.41. The Kier molecular flexibility index (Phi) is 7.59. The van der Waals surface area contributed by atoms with E-state index in [2.05, 4.69) is 10.00 Å². The molecule has 1 atom stereocenters. The molecule has 0 aliphatic carbocycles. The second-order valence-electron chi connectivity index (χ2n) is 9.77. The van der Waals surface area contributed by atoms with E-state index >= 15 is 4.39 Å². The predicted molar refractivity (Wildman–Crippen MR) is 146 cm³/mol. The SMILES string of the molecule is COc1cccc(-c2c(C)c(Cc3c(F)cccc3F)c3n(c2=O)C(CN(C)Cc2ccnn2C)CS3)c1F. The number of thioether (sulfide) groups is 1. The summed E-state index contributed by atoms with van der Waals surface area (Å²) in [5, 5.41) is 4.88. The minimum absolute atomic E-state index is 0.0142. The molecule has 3 heterocycles. The second-order valence-corrected chi connectivity index (χ2v) is 10.8. The van der Waals surface area contributed by atoms with Crippen LogP contribution in [0.15, 0.2) is 58.5 Å². The zero-order valence-electron chi connectivity index (χ0n) is 22.2. The highest BCUT2D eigenvalue weighted by atomic mass is 32.2. The molecule has 0 saturated carbocycles. The van der Waals surface area contributed by atoms with E-state index in [0.29, 0.717) is 35.0 Å². The molecule has 1 aliphatic rings. The quantitative estimate of drug-likeness (QED) is 0.294. The van der Waals surface area contributed by atoms with Gasteiger partial charge in [0.2, 0.25) is 0 Å². The Morgan fingerprint density at radius 2 is 1.82 bits per heavy atom. The number of fused-ring (bicyclic) bond motifs is 1. The summed E-state index contributed by atoms with van der Waals surface area (Å²) in [6, 6.07) is 10.1. The van der Waals surface area contributed by atoms with E-state index in [0.717, 1.165) is 5.69 Å². The number of halogens is 3.